The Kier molecular flexibility index (Phi) is 2.63. The molecule has 8 nitrogen and oxygen atoms in total. The predicted molar refractivity (Wildman–Crippen MR) is 74.3 cm³/mol. The number of nitrogens with two attached hydrogens (primary N) is 1. The van der Waals surface area contributed by atoms with E-state index in [2.05, 4.69) is 30.5 Å². The largest absolute Gasteiger partial charge is 0.383 e. The fourth-order valence-corrected chi connectivity index (χ4v) is 2.12. The van der Waals surface area contributed by atoms with Gasteiger partial charge in [-0.05, 0) is 13.8 Å². The Morgan fingerprint density at radius 3 is 2.85 bits per heavy atom. The lowest BCUT2D eigenvalue weighted by Crippen LogP contribution is -2.13. The first-order chi connectivity index (χ1) is 9.56. The molecule has 3 heterocycles. The van der Waals surface area contributed by atoms with Gasteiger partial charge in [-0.1, -0.05) is 0 Å². The van der Waals surface area contributed by atoms with Gasteiger partial charge in [-0.15, -0.1) is 0 Å². The number of nitrogens with one attached hydrogen (secondary N) is 3. The van der Waals surface area contributed by atoms with Crippen LogP contribution < -0.4 is 11.1 Å². The number of aromatic nitrogens is 5. The number of aromatic amines is 2. The van der Waals surface area contributed by atoms with Crippen LogP contribution >= 0.6 is 0 Å². The lowest BCUT2D eigenvalue weighted by atomic mass is 10.1. The number of fused-ring (bicyclic) bond motifs is 1. The van der Waals surface area contributed by atoms with E-state index in [9.17, 15) is 4.79 Å². The zero-order valence-corrected chi connectivity index (χ0v) is 11.0. The lowest BCUT2D eigenvalue weighted by molar-refractivity contribution is 0.102. The number of carbonyl (C=O) groups is 1. The van der Waals surface area contributed by atoms with Gasteiger partial charge in [-0.25, -0.2) is 9.97 Å². The Morgan fingerprint density at radius 2 is 2.15 bits per heavy atom. The number of rotatable bonds is 2. The number of aryl methyl sites for hydroxylation is 2. The summed E-state index contributed by atoms with van der Waals surface area (Å²) in [5.41, 5.74) is 8.28. The van der Waals surface area contributed by atoms with E-state index in [1.54, 1.807) is 13.0 Å². The van der Waals surface area contributed by atoms with Crippen molar-refractivity contribution in [2.24, 2.45) is 0 Å². The van der Waals surface area contributed by atoms with Crippen molar-refractivity contribution >= 4 is 28.6 Å². The van der Waals surface area contributed by atoms with E-state index < -0.39 is 0 Å². The average Bonchev–Trinajstić information content (AvgIpc) is 2.93. The molecule has 0 aliphatic heterocycles. The van der Waals surface area contributed by atoms with E-state index in [0.717, 1.165) is 5.69 Å². The van der Waals surface area contributed by atoms with E-state index >= 15 is 0 Å². The van der Waals surface area contributed by atoms with Gasteiger partial charge in [0.2, 0.25) is 0 Å². The summed E-state index contributed by atoms with van der Waals surface area (Å²) in [5.74, 6) is 0.501. The minimum atomic E-state index is -0.293. The summed E-state index contributed by atoms with van der Waals surface area (Å²) >= 11 is 0. The second-order valence-electron chi connectivity index (χ2n) is 4.48. The maximum Gasteiger partial charge on any atom is 0.259 e. The minimum absolute atomic E-state index is 0.269. The maximum atomic E-state index is 12.4. The van der Waals surface area contributed by atoms with E-state index in [1.807, 2.05) is 6.92 Å². The molecule has 0 aliphatic rings. The molecule has 1 amide bonds. The molecule has 8 heteroatoms. The molecule has 3 rings (SSSR count). The fraction of sp³-hybridized carbons (Fsp3) is 0.167. The summed E-state index contributed by atoms with van der Waals surface area (Å²) in [4.78, 5) is 23.4. The molecule has 0 bridgehead atoms. The zero-order valence-electron chi connectivity index (χ0n) is 11.0. The van der Waals surface area contributed by atoms with Gasteiger partial charge in [0.05, 0.1) is 16.6 Å². The first-order valence-corrected chi connectivity index (χ1v) is 5.98. The van der Waals surface area contributed by atoms with Crippen molar-refractivity contribution in [3.05, 3.63) is 29.3 Å². The molecule has 0 unspecified atom stereocenters. The third-order valence-corrected chi connectivity index (χ3v) is 2.99. The summed E-state index contributed by atoms with van der Waals surface area (Å²) in [5, 5.41) is 9.95. The topological polar surface area (TPSA) is 125 Å². The molecule has 0 saturated heterocycles. The molecule has 3 aromatic rings. The number of hydrogen-bond donors (Lipinski definition) is 4. The summed E-state index contributed by atoms with van der Waals surface area (Å²) < 4.78 is 0. The van der Waals surface area contributed by atoms with Crippen LogP contribution in [0.25, 0.3) is 11.0 Å². The highest BCUT2D eigenvalue weighted by Gasteiger charge is 2.19. The Bertz CT molecular complexity index is 801. The molecule has 3 aromatic heterocycles. The summed E-state index contributed by atoms with van der Waals surface area (Å²) in [7, 11) is 0. The number of H-pyrrole nitrogens is 2. The highest BCUT2D eigenvalue weighted by atomic mass is 16.1. The summed E-state index contributed by atoms with van der Waals surface area (Å²) in [6.07, 6.45) is 1.35. The van der Waals surface area contributed by atoms with Crippen molar-refractivity contribution in [1.29, 1.82) is 0 Å². The van der Waals surface area contributed by atoms with Crippen LogP contribution in [0.2, 0.25) is 0 Å². The quantitative estimate of drug-likeness (QED) is 0.556. The Morgan fingerprint density at radius 1 is 1.35 bits per heavy atom. The standard InChI is InChI=1S/C12H13N7O/c1-5-3-7(19-18-5)17-12(20)8-6(2)16-11-9(8)10(13)14-4-15-11/h3-4H,1-2H3,(H3,13,14,15,16)(H2,17,18,19,20). The van der Waals surface area contributed by atoms with Gasteiger partial charge < -0.3 is 16.0 Å². The first-order valence-electron chi connectivity index (χ1n) is 5.98. The molecule has 20 heavy (non-hydrogen) atoms. The molecular formula is C12H13N7O. The van der Waals surface area contributed by atoms with Crippen molar-refractivity contribution in [1.82, 2.24) is 25.1 Å². The second kappa shape index (κ2) is 4.34. The molecule has 0 aliphatic carbocycles. The van der Waals surface area contributed by atoms with Gasteiger partial charge in [-0.2, -0.15) is 5.10 Å². The normalized spacial score (nSPS) is 10.9. The number of amides is 1. The molecule has 0 aromatic carbocycles. The predicted octanol–water partition coefficient (Wildman–Crippen LogP) is 1.13. The van der Waals surface area contributed by atoms with Crippen LogP contribution in [0.4, 0.5) is 11.6 Å². The van der Waals surface area contributed by atoms with Crippen molar-refractivity contribution in [2.75, 3.05) is 11.1 Å². The van der Waals surface area contributed by atoms with Gasteiger partial charge in [0, 0.05) is 11.8 Å². The molecular weight excluding hydrogens is 258 g/mol. The maximum absolute atomic E-state index is 12.4. The Hall–Kier alpha value is -2.90. The highest BCUT2D eigenvalue weighted by Crippen LogP contribution is 2.25. The van der Waals surface area contributed by atoms with Crippen LogP contribution in [0.15, 0.2) is 12.4 Å². The van der Waals surface area contributed by atoms with Crippen molar-refractivity contribution in [2.45, 2.75) is 13.8 Å². The highest BCUT2D eigenvalue weighted by molar-refractivity contribution is 6.15. The van der Waals surface area contributed by atoms with Crippen LogP contribution in [0.3, 0.4) is 0 Å². The number of anilines is 2. The van der Waals surface area contributed by atoms with E-state index in [4.69, 9.17) is 5.73 Å². The molecule has 5 N–H and O–H groups in total. The third-order valence-electron chi connectivity index (χ3n) is 2.99. The lowest BCUT2D eigenvalue weighted by Gasteiger charge is -2.03. The van der Waals surface area contributed by atoms with E-state index in [-0.39, 0.29) is 11.7 Å². The first kappa shape index (κ1) is 12.2. The third kappa shape index (κ3) is 1.87. The molecule has 0 radical (unpaired) electrons. The summed E-state index contributed by atoms with van der Waals surface area (Å²) in [6, 6.07) is 1.74. The molecule has 0 spiro atoms. The van der Waals surface area contributed by atoms with Crippen molar-refractivity contribution in [3.63, 3.8) is 0 Å². The number of hydrogen-bond acceptors (Lipinski definition) is 5. The molecule has 0 atom stereocenters. The molecule has 102 valence electrons. The smallest absolute Gasteiger partial charge is 0.259 e. The van der Waals surface area contributed by atoms with E-state index in [1.165, 1.54) is 6.33 Å². The summed E-state index contributed by atoms with van der Waals surface area (Å²) in [6.45, 7) is 3.61. The van der Waals surface area contributed by atoms with Gasteiger partial charge >= 0.3 is 0 Å². The molecule has 0 saturated carbocycles. The minimum Gasteiger partial charge on any atom is -0.383 e. The van der Waals surface area contributed by atoms with Crippen LogP contribution in [0, 0.1) is 13.8 Å². The van der Waals surface area contributed by atoms with Gasteiger partial charge in [-0.3, -0.25) is 9.89 Å². The zero-order chi connectivity index (χ0) is 14.3. The number of nitrogens with zero attached hydrogens (tertiary/aromatic N) is 3. The van der Waals surface area contributed by atoms with Crippen LogP contribution in [-0.2, 0) is 0 Å². The fourth-order valence-electron chi connectivity index (χ4n) is 2.12. The van der Waals surface area contributed by atoms with Gasteiger partial charge in [0.25, 0.3) is 5.91 Å². The second-order valence-corrected chi connectivity index (χ2v) is 4.48. The van der Waals surface area contributed by atoms with Crippen LogP contribution in [0.1, 0.15) is 21.7 Å². The average molecular weight is 271 g/mol. The number of carbonyl (C=O) groups excluding carboxylic acids is 1. The van der Waals surface area contributed by atoms with Crippen molar-refractivity contribution < 1.29 is 4.79 Å². The number of nitrogen functional groups attached to an aromatic ring is 1. The Labute approximate surface area is 113 Å². The Balaban J connectivity index is 2.05. The van der Waals surface area contributed by atoms with Crippen LogP contribution in [-0.4, -0.2) is 31.1 Å². The van der Waals surface area contributed by atoms with Gasteiger partial charge in [0.15, 0.2) is 0 Å². The molecule has 0 fully saturated rings. The van der Waals surface area contributed by atoms with Crippen molar-refractivity contribution in [3.8, 4) is 0 Å². The van der Waals surface area contributed by atoms with Gasteiger partial charge in [0.1, 0.15) is 23.6 Å². The van der Waals surface area contributed by atoms with E-state index in [0.29, 0.717) is 28.1 Å². The van der Waals surface area contributed by atoms with Crippen LogP contribution in [0.5, 0.6) is 0 Å². The monoisotopic (exact) mass is 271 g/mol. The SMILES string of the molecule is Cc1cc(NC(=O)c2c(C)[nH]c3ncnc(N)c23)[nH]n1.